The van der Waals surface area contributed by atoms with E-state index in [9.17, 15) is 0 Å². The van der Waals surface area contributed by atoms with Crippen LogP contribution < -0.4 is 16.0 Å². The first kappa shape index (κ1) is 14.1. The predicted octanol–water partition coefficient (Wildman–Crippen LogP) is 2.96. The smallest absolute Gasteiger partial charge is 0.138 e. The van der Waals surface area contributed by atoms with Crippen molar-refractivity contribution in [2.75, 3.05) is 29.0 Å². The zero-order valence-electron chi connectivity index (χ0n) is 12.2. The zero-order chi connectivity index (χ0) is 14.5. The molecular formula is C15H21N5. The largest absolute Gasteiger partial charge is 0.383 e. The standard InChI is InChI=1S/C15H21N5/c1-4-20(5-2)13-8-6-12(7-9-13)19-15-11(3)14(16)17-10-18-15/h6-10H,4-5H2,1-3H3,(H3,16,17,18,19). The summed E-state index contributed by atoms with van der Waals surface area (Å²) in [5.74, 6) is 1.25. The van der Waals surface area contributed by atoms with Crippen molar-refractivity contribution in [3.05, 3.63) is 36.2 Å². The molecule has 0 amide bonds. The first-order valence-corrected chi connectivity index (χ1v) is 6.84. The molecule has 0 bridgehead atoms. The van der Waals surface area contributed by atoms with Gasteiger partial charge in [-0.3, -0.25) is 0 Å². The van der Waals surface area contributed by atoms with Gasteiger partial charge in [0, 0.05) is 30.0 Å². The lowest BCUT2D eigenvalue weighted by molar-refractivity contribution is 0.866. The maximum absolute atomic E-state index is 5.78. The van der Waals surface area contributed by atoms with E-state index in [1.165, 1.54) is 12.0 Å². The second-order valence-corrected chi connectivity index (χ2v) is 4.58. The Morgan fingerprint density at radius 3 is 2.35 bits per heavy atom. The zero-order valence-corrected chi connectivity index (χ0v) is 12.2. The lowest BCUT2D eigenvalue weighted by Crippen LogP contribution is -2.21. The van der Waals surface area contributed by atoms with Crippen molar-refractivity contribution < 1.29 is 0 Å². The lowest BCUT2D eigenvalue weighted by Gasteiger charge is -2.21. The van der Waals surface area contributed by atoms with Crippen molar-refractivity contribution in [3.63, 3.8) is 0 Å². The summed E-state index contributed by atoms with van der Waals surface area (Å²) in [5, 5.41) is 3.27. The number of hydrogen-bond acceptors (Lipinski definition) is 5. The number of rotatable bonds is 5. The molecule has 0 fully saturated rings. The van der Waals surface area contributed by atoms with Crippen LogP contribution in [0.3, 0.4) is 0 Å². The van der Waals surface area contributed by atoms with E-state index in [1.54, 1.807) is 0 Å². The minimum Gasteiger partial charge on any atom is -0.383 e. The van der Waals surface area contributed by atoms with Crippen LogP contribution in [0.4, 0.5) is 23.0 Å². The second-order valence-electron chi connectivity index (χ2n) is 4.58. The van der Waals surface area contributed by atoms with E-state index in [-0.39, 0.29) is 0 Å². The molecule has 2 rings (SSSR count). The Balaban J connectivity index is 2.17. The van der Waals surface area contributed by atoms with E-state index in [1.807, 2.05) is 19.1 Å². The number of nitrogens with one attached hydrogen (secondary N) is 1. The summed E-state index contributed by atoms with van der Waals surface area (Å²) in [7, 11) is 0. The highest BCUT2D eigenvalue weighted by Gasteiger charge is 2.05. The van der Waals surface area contributed by atoms with Gasteiger partial charge in [0.2, 0.25) is 0 Å². The topological polar surface area (TPSA) is 67.1 Å². The van der Waals surface area contributed by atoms with Gasteiger partial charge in [-0.2, -0.15) is 0 Å². The Hall–Kier alpha value is -2.30. The molecule has 0 aliphatic carbocycles. The van der Waals surface area contributed by atoms with Crippen LogP contribution in [0, 0.1) is 6.92 Å². The molecule has 0 radical (unpaired) electrons. The van der Waals surface area contributed by atoms with Gasteiger partial charge in [-0.05, 0) is 45.0 Å². The first-order chi connectivity index (χ1) is 9.65. The minimum atomic E-state index is 0.502. The van der Waals surface area contributed by atoms with Gasteiger partial charge < -0.3 is 16.0 Å². The van der Waals surface area contributed by atoms with Gasteiger partial charge in [-0.1, -0.05) is 0 Å². The number of hydrogen-bond donors (Lipinski definition) is 2. The lowest BCUT2D eigenvalue weighted by atomic mass is 10.2. The molecule has 0 aliphatic rings. The van der Waals surface area contributed by atoms with Crippen LogP contribution in [0.15, 0.2) is 30.6 Å². The number of nitrogen functional groups attached to an aromatic ring is 1. The maximum Gasteiger partial charge on any atom is 0.138 e. The van der Waals surface area contributed by atoms with Gasteiger partial charge >= 0.3 is 0 Å². The molecule has 0 saturated heterocycles. The molecule has 0 spiro atoms. The Kier molecular flexibility index (Phi) is 4.40. The van der Waals surface area contributed by atoms with Crippen LogP contribution >= 0.6 is 0 Å². The molecule has 20 heavy (non-hydrogen) atoms. The van der Waals surface area contributed by atoms with Crippen molar-refractivity contribution in [3.8, 4) is 0 Å². The van der Waals surface area contributed by atoms with Crippen LogP contribution in [0.2, 0.25) is 0 Å². The molecule has 1 heterocycles. The fraction of sp³-hybridized carbons (Fsp3) is 0.333. The first-order valence-electron chi connectivity index (χ1n) is 6.84. The summed E-state index contributed by atoms with van der Waals surface area (Å²) in [5.41, 5.74) is 8.85. The quantitative estimate of drug-likeness (QED) is 0.875. The number of aromatic nitrogens is 2. The second kappa shape index (κ2) is 6.23. The Morgan fingerprint density at radius 1 is 1.10 bits per heavy atom. The normalized spacial score (nSPS) is 10.3. The fourth-order valence-electron chi connectivity index (χ4n) is 2.07. The Morgan fingerprint density at radius 2 is 1.75 bits per heavy atom. The van der Waals surface area contributed by atoms with Gasteiger partial charge in [0.15, 0.2) is 0 Å². The molecule has 106 valence electrons. The van der Waals surface area contributed by atoms with Crippen LogP contribution in [0.1, 0.15) is 19.4 Å². The monoisotopic (exact) mass is 271 g/mol. The average molecular weight is 271 g/mol. The summed E-state index contributed by atoms with van der Waals surface area (Å²) >= 11 is 0. The molecule has 0 aliphatic heterocycles. The number of benzene rings is 1. The van der Waals surface area contributed by atoms with Crippen molar-refractivity contribution in [1.82, 2.24) is 9.97 Å². The van der Waals surface area contributed by atoms with Gasteiger partial charge in [-0.25, -0.2) is 9.97 Å². The summed E-state index contributed by atoms with van der Waals surface area (Å²) in [6.07, 6.45) is 1.47. The predicted molar refractivity (Wildman–Crippen MR) is 84.5 cm³/mol. The molecule has 2 aromatic rings. The van der Waals surface area contributed by atoms with Gasteiger partial charge in [0.1, 0.15) is 18.0 Å². The maximum atomic E-state index is 5.78. The van der Waals surface area contributed by atoms with Crippen LogP contribution in [-0.2, 0) is 0 Å². The molecule has 3 N–H and O–H groups in total. The average Bonchev–Trinajstić information content (AvgIpc) is 2.47. The minimum absolute atomic E-state index is 0.502. The van der Waals surface area contributed by atoms with E-state index >= 15 is 0 Å². The molecule has 5 nitrogen and oxygen atoms in total. The van der Waals surface area contributed by atoms with E-state index in [0.29, 0.717) is 5.82 Å². The SMILES string of the molecule is CCN(CC)c1ccc(Nc2ncnc(N)c2C)cc1. The third-order valence-corrected chi connectivity index (χ3v) is 3.38. The summed E-state index contributed by atoms with van der Waals surface area (Å²) < 4.78 is 0. The van der Waals surface area contributed by atoms with Crippen molar-refractivity contribution in [2.45, 2.75) is 20.8 Å². The third-order valence-electron chi connectivity index (χ3n) is 3.38. The van der Waals surface area contributed by atoms with Crippen LogP contribution in [0.25, 0.3) is 0 Å². The highest BCUT2D eigenvalue weighted by atomic mass is 15.1. The van der Waals surface area contributed by atoms with Gasteiger partial charge in [0.05, 0.1) is 0 Å². The van der Waals surface area contributed by atoms with Crippen molar-refractivity contribution >= 4 is 23.0 Å². The number of nitrogens with two attached hydrogens (primary N) is 1. The Bertz CT molecular complexity index is 561. The van der Waals surface area contributed by atoms with Crippen molar-refractivity contribution in [2.24, 2.45) is 0 Å². The molecule has 1 aromatic heterocycles. The molecule has 0 saturated carbocycles. The fourth-order valence-corrected chi connectivity index (χ4v) is 2.07. The van der Waals surface area contributed by atoms with Gasteiger partial charge in [-0.15, -0.1) is 0 Å². The van der Waals surface area contributed by atoms with Crippen molar-refractivity contribution in [1.29, 1.82) is 0 Å². The number of nitrogens with zero attached hydrogens (tertiary/aromatic N) is 3. The summed E-state index contributed by atoms with van der Waals surface area (Å²) in [6.45, 7) is 8.23. The van der Waals surface area contributed by atoms with Crippen LogP contribution in [-0.4, -0.2) is 23.1 Å². The van der Waals surface area contributed by atoms with E-state index in [0.717, 1.165) is 30.2 Å². The Labute approximate surface area is 119 Å². The molecule has 0 unspecified atom stereocenters. The van der Waals surface area contributed by atoms with E-state index in [4.69, 9.17) is 5.73 Å². The highest BCUT2D eigenvalue weighted by Crippen LogP contribution is 2.23. The van der Waals surface area contributed by atoms with E-state index in [2.05, 4.69) is 46.2 Å². The van der Waals surface area contributed by atoms with Crippen LogP contribution in [0.5, 0.6) is 0 Å². The molecule has 5 heteroatoms. The summed E-state index contributed by atoms with van der Waals surface area (Å²) in [6, 6.07) is 8.31. The van der Waals surface area contributed by atoms with Gasteiger partial charge in [0.25, 0.3) is 0 Å². The molecular weight excluding hydrogens is 250 g/mol. The number of anilines is 4. The third kappa shape index (κ3) is 2.99. The highest BCUT2D eigenvalue weighted by molar-refractivity contribution is 5.65. The molecule has 0 atom stereocenters. The van der Waals surface area contributed by atoms with E-state index < -0.39 is 0 Å². The molecule has 1 aromatic carbocycles. The summed E-state index contributed by atoms with van der Waals surface area (Å²) in [4.78, 5) is 10.5.